The van der Waals surface area contributed by atoms with E-state index in [1.165, 1.54) is 37.7 Å². The number of fused-ring (bicyclic) bond motifs is 2. The van der Waals surface area contributed by atoms with Crippen molar-refractivity contribution in [2.24, 2.45) is 17.8 Å². The Labute approximate surface area is 123 Å². The highest BCUT2D eigenvalue weighted by Crippen LogP contribution is 2.50. The molecule has 1 nitrogen and oxygen atoms in total. The number of nitrogens with one attached hydrogen (secondary N) is 1. The van der Waals surface area contributed by atoms with Crippen LogP contribution in [0.4, 0.5) is 4.39 Å². The van der Waals surface area contributed by atoms with Gasteiger partial charge in [0, 0.05) is 6.04 Å². The molecule has 0 heterocycles. The molecule has 2 fully saturated rings. The topological polar surface area (TPSA) is 12.0 Å². The van der Waals surface area contributed by atoms with Crippen LogP contribution >= 0.6 is 15.9 Å². The Morgan fingerprint density at radius 3 is 2.79 bits per heavy atom. The third-order valence-corrected chi connectivity index (χ3v) is 5.73. The van der Waals surface area contributed by atoms with Crippen LogP contribution in [0.25, 0.3) is 0 Å². The number of benzene rings is 1. The average Bonchev–Trinajstić information content (AvgIpc) is 3.01. The lowest BCUT2D eigenvalue weighted by atomic mass is 9.83. The monoisotopic (exact) mass is 325 g/mol. The van der Waals surface area contributed by atoms with Gasteiger partial charge < -0.3 is 5.32 Å². The minimum Gasteiger partial charge on any atom is -0.313 e. The Balaban J connectivity index is 1.71. The molecule has 104 valence electrons. The summed E-state index contributed by atoms with van der Waals surface area (Å²) in [6.45, 7) is 0. The molecular weight excluding hydrogens is 305 g/mol. The third-order valence-electron chi connectivity index (χ3n) is 5.12. The summed E-state index contributed by atoms with van der Waals surface area (Å²) in [5.74, 6) is 2.62. The van der Waals surface area contributed by atoms with Crippen LogP contribution in [-0.4, -0.2) is 7.05 Å². The van der Waals surface area contributed by atoms with Gasteiger partial charge in [0.1, 0.15) is 5.82 Å². The fourth-order valence-electron chi connectivity index (χ4n) is 4.12. The first-order valence-corrected chi connectivity index (χ1v) is 8.09. The predicted octanol–water partition coefficient (Wildman–Crippen LogP) is 4.68. The van der Waals surface area contributed by atoms with Crippen molar-refractivity contribution >= 4 is 15.9 Å². The second-order valence-corrected chi connectivity index (χ2v) is 7.04. The van der Waals surface area contributed by atoms with Crippen molar-refractivity contribution in [1.82, 2.24) is 5.32 Å². The molecule has 2 aliphatic rings. The van der Waals surface area contributed by atoms with Crippen molar-refractivity contribution in [3.8, 4) is 0 Å². The highest BCUT2D eigenvalue weighted by Gasteiger charge is 2.40. The molecule has 0 amide bonds. The van der Waals surface area contributed by atoms with E-state index < -0.39 is 0 Å². The standard InChI is InChI=1S/C16H21BrFN/c1-19-16(12-4-5-15(18)14(17)8-12)9-13-7-10-2-3-11(13)6-10/h4-5,8,10-11,13,16,19H,2-3,6-7,9H2,1H3. The van der Waals surface area contributed by atoms with Crippen LogP contribution in [0, 0.1) is 23.6 Å². The fourth-order valence-corrected chi connectivity index (χ4v) is 4.51. The van der Waals surface area contributed by atoms with E-state index in [1.807, 2.05) is 19.2 Å². The number of halogens is 2. The van der Waals surface area contributed by atoms with Crippen LogP contribution in [-0.2, 0) is 0 Å². The van der Waals surface area contributed by atoms with Crippen LogP contribution < -0.4 is 5.32 Å². The maximum absolute atomic E-state index is 13.3. The highest BCUT2D eigenvalue weighted by molar-refractivity contribution is 9.10. The summed E-state index contributed by atoms with van der Waals surface area (Å²) in [5.41, 5.74) is 1.19. The molecule has 1 aromatic rings. The first-order chi connectivity index (χ1) is 9.17. The van der Waals surface area contributed by atoms with Gasteiger partial charge in [0.2, 0.25) is 0 Å². The molecule has 3 rings (SSSR count). The minimum atomic E-state index is -0.182. The van der Waals surface area contributed by atoms with Crippen molar-refractivity contribution in [2.45, 2.75) is 38.1 Å². The molecule has 0 spiro atoms. The van der Waals surface area contributed by atoms with Crippen LogP contribution in [0.15, 0.2) is 22.7 Å². The lowest BCUT2D eigenvalue weighted by molar-refractivity contribution is 0.284. The number of rotatable bonds is 4. The van der Waals surface area contributed by atoms with Gasteiger partial charge >= 0.3 is 0 Å². The Morgan fingerprint density at radius 1 is 1.37 bits per heavy atom. The maximum Gasteiger partial charge on any atom is 0.137 e. The van der Waals surface area contributed by atoms with Gasteiger partial charge in [0.05, 0.1) is 4.47 Å². The fraction of sp³-hybridized carbons (Fsp3) is 0.625. The molecule has 0 radical (unpaired) electrons. The van der Waals surface area contributed by atoms with Crippen LogP contribution in [0.2, 0.25) is 0 Å². The molecule has 0 aliphatic heterocycles. The average molecular weight is 326 g/mol. The van der Waals surface area contributed by atoms with Gasteiger partial charge in [0.25, 0.3) is 0 Å². The number of hydrogen-bond donors (Lipinski definition) is 1. The Kier molecular flexibility index (Phi) is 3.95. The van der Waals surface area contributed by atoms with E-state index in [-0.39, 0.29) is 5.82 Å². The summed E-state index contributed by atoms with van der Waals surface area (Å²) in [7, 11) is 2.01. The van der Waals surface area contributed by atoms with E-state index in [9.17, 15) is 4.39 Å². The molecular formula is C16H21BrFN. The van der Waals surface area contributed by atoms with Crippen LogP contribution in [0.1, 0.15) is 43.7 Å². The zero-order valence-corrected chi connectivity index (χ0v) is 12.9. The van der Waals surface area contributed by atoms with E-state index in [4.69, 9.17) is 0 Å². The third kappa shape index (κ3) is 2.73. The normalized spacial score (nSPS) is 30.8. The molecule has 2 aliphatic carbocycles. The van der Waals surface area contributed by atoms with E-state index in [0.717, 1.165) is 17.8 Å². The second-order valence-electron chi connectivity index (χ2n) is 6.19. The molecule has 19 heavy (non-hydrogen) atoms. The smallest absolute Gasteiger partial charge is 0.137 e. The van der Waals surface area contributed by atoms with Crippen molar-refractivity contribution in [3.63, 3.8) is 0 Å². The van der Waals surface area contributed by atoms with Crippen molar-refractivity contribution < 1.29 is 4.39 Å². The molecule has 1 aromatic carbocycles. The number of hydrogen-bond acceptors (Lipinski definition) is 1. The second kappa shape index (κ2) is 5.53. The van der Waals surface area contributed by atoms with Gasteiger partial charge in [-0.25, -0.2) is 4.39 Å². The predicted molar refractivity (Wildman–Crippen MR) is 79.5 cm³/mol. The van der Waals surface area contributed by atoms with Crippen LogP contribution in [0.3, 0.4) is 0 Å². The summed E-state index contributed by atoms with van der Waals surface area (Å²) in [6, 6.07) is 5.74. The van der Waals surface area contributed by atoms with Crippen molar-refractivity contribution in [3.05, 3.63) is 34.1 Å². The summed E-state index contributed by atoms with van der Waals surface area (Å²) >= 11 is 3.29. The first-order valence-electron chi connectivity index (χ1n) is 7.29. The molecule has 0 saturated heterocycles. The quantitative estimate of drug-likeness (QED) is 0.847. The van der Waals surface area contributed by atoms with Gasteiger partial charge in [-0.05, 0) is 84.1 Å². The molecule has 1 N–H and O–H groups in total. The molecule has 0 aromatic heterocycles. The summed E-state index contributed by atoms with van der Waals surface area (Å²) < 4.78 is 13.9. The Hall–Kier alpha value is -0.410. The van der Waals surface area contributed by atoms with Gasteiger partial charge in [-0.3, -0.25) is 0 Å². The van der Waals surface area contributed by atoms with Gasteiger partial charge in [-0.15, -0.1) is 0 Å². The van der Waals surface area contributed by atoms with Gasteiger partial charge in [0.15, 0.2) is 0 Å². The molecule has 2 bridgehead atoms. The Bertz CT molecular complexity index is 462. The maximum atomic E-state index is 13.3. The van der Waals surface area contributed by atoms with E-state index in [1.54, 1.807) is 6.07 Å². The summed E-state index contributed by atoms with van der Waals surface area (Å²) in [6.07, 6.45) is 6.93. The first kappa shape index (κ1) is 13.6. The zero-order chi connectivity index (χ0) is 13.4. The molecule has 2 saturated carbocycles. The molecule has 3 heteroatoms. The van der Waals surface area contributed by atoms with E-state index in [2.05, 4.69) is 21.2 Å². The largest absolute Gasteiger partial charge is 0.313 e. The van der Waals surface area contributed by atoms with E-state index >= 15 is 0 Å². The summed E-state index contributed by atoms with van der Waals surface area (Å²) in [4.78, 5) is 0. The lowest BCUT2D eigenvalue weighted by Gasteiger charge is -2.27. The molecule has 4 unspecified atom stereocenters. The Morgan fingerprint density at radius 2 is 2.21 bits per heavy atom. The minimum absolute atomic E-state index is 0.182. The van der Waals surface area contributed by atoms with Gasteiger partial charge in [-0.1, -0.05) is 12.5 Å². The SMILES string of the molecule is CNC(CC1CC2CCC1C2)c1ccc(F)c(Br)c1. The summed E-state index contributed by atoms with van der Waals surface area (Å²) in [5, 5.41) is 3.41. The highest BCUT2D eigenvalue weighted by atomic mass is 79.9. The molecule has 4 atom stereocenters. The van der Waals surface area contributed by atoms with E-state index in [0.29, 0.717) is 10.5 Å². The van der Waals surface area contributed by atoms with Crippen molar-refractivity contribution in [2.75, 3.05) is 7.05 Å². The lowest BCUT2D eigenvalue weighted by Crippen LogP contribution is -2.22. The van der Waals surface area contributed by atoms with Gasteiger partial charge in [-0.2, -0.15) is 0 Å². The van der Waals surface area contributed by atoms with Crippen LogP contribution in [0.5, 0.6) is 0 Å². The van der Waals surface area contributed by atoms with Crippen molar-refractivity contribution in [1.29, 1.82) is 0 Å². The zero-order valence-electron chi connectivity index (χ0n) is 11.3.